The maximum absolute atomic E-state index is 12.7. The lowest BCUT2D eigenvalue weighted by Crippen LogP contribution is -2.24. The summed E-state index contributed by atoms with van der Waals surface area (Å²) in [5.74, 6) is 1.78. The fourth-order valence-electron chi connectivity index (χ4n) is 2.70. The molecule has 2 rings (SSSR count). The molecule has 1 atom stereocenters. The molecule has 0 spiro atoms. The van der Waals surface area contributed by atoms with Gasteiger partial charge in [0, 0.05) is 11.6 Å². The molecule has 1 unspecified atom stereocenters. The Morgan fingerprint density at radius 2 is 1.73 bits per heavy atom. The Morgan fingerprint density at radius 1 is 1.04 bits per heavy atom. The minimum Gasteiger partial charge on any atom is -0.497 e. The molecule has 0 bridgehead atoms. The molecule has 5 heteroatoms. The van der Waals surface area contributed by atoms with Gasteiger partial charge in [0.2, 0.25) is 5.91 Å². The predicted octanol–water partition coefficient (Wildman–Crippen LogP) is 4.09. The number of methoxy groups -OCH3 is 3. The summed E-state index contributed by atoms with van der Waals surface area (Å²) in [6.45, 7) is 3.77. The van der Waals surface area contributed by atoms with E-state index >= 15 is 0 Å². The molecule has 0 saturated carbocycles. The Kier molecular flexibility index (Phi) is 7.09. The third kappa shape index (κ3) is 5.02. The molecule has 2 aromatic carbocycles. The van der Waals surface area contributed by atoms with Crippen LogP contribution < -0.4 is 19.5 Å². The lowest BCUT2D eigenvalue weighted by Gasteiger charge is -2.17. The van der Waals surface area contributed by atoms with E-state index in [9.17, 15) is 4.79 Å². The van der Waals surface area contributed by atoms with Crippen molar-refractivity contribution < 1.29 is 19.0 Å². The molecule has 0 aromatic heterocycles. The predicted molar refractivity (Wildman–Crippen MR) is 103 cm³/mol. The molecule has 26 heavy (non-hydrogen) atoms. The number of nitrogens with one attached hydrogen (secondary N) is 1. The normalized spacial score (nSPS) is 11.3. The van der Waals surface area contributed by atoms with E-state index in [-0.39, 0.29) is 11.8 Å². The largest absolute Gasteiger partial charge is 0.497 e. The zero-order valence-corrected chi connectivity index (χ0v) is 15.5. The van der Waals surface area contributed by atoms with Gasteiger partial charge >= 0.3 is 0 Å². The highest BCUT2D eigenvalue weighted by Gasteiger charge is 2.19. The van der Waals surface area contributed by atoms with E-state index in [0.717, 1.165) is 17.0 Å². The van der Waals surface area contributed by atoms with Gasteiger partial charge in [-0.05, 0) is 54.8 Å². The van der Waals surface area contributed by atoms with Gasteiger partial charge in [0.05, 0.1) is 21.3 Å². The molecular weight excluding hydrogens is 330 g/mol. The first-order chi connectivity index (χ1) is 12.6. The van der Waals surface area contributed by atoms with Crippen LogP contribution >= 0.6 is 0 Å². The molecule has 0 saturated heterocycles. The first kappa shape index (κ1) is 19.4. The number of ether oxygens (including phenoxy) is 3. The third-order valence-electron chi connectivity index (χ3n) is 4.11. The van der Waals surface area contributed by atoms with E-state index in [4.69, 9.17) is 14.2 Å². The van der Waals surface area contributed by atoms with Gasteiger partial charge < -0.3 is 19.5 Å². The summed E-state index contributed by atoms with van der Waals surface area (Å²) in [4.78, 5) is 12.7. The maximum atomic E-state index is 12.7. The summed E-state index contributed by atoms with van der Waals surface area (Å²) in [5, 5.41) is 2.95. The van der Waals surface area contributed by atoms with Gasteiger partial charge in [0.1, 0.15) is 5.75 Å². The summed E-state index contributed by atoms with van der Waals surface area (Å²) in [6, 6.07) is 12.9. The van der Waals surface area contributed by atoms with Crippen molar-refractivity contribution in [3.8, 4) is 17.2 Å². The highest BCUT2D eigenvalue weighted by Crippen LogP contribution is 2.29. The quantitative estimate of drug-likeness (QED) is 0.689. The van der Waals surface area contributed by atoms with E-state index in [1.54, 1.807) is 27.4 Å². The minimum absolute atomic E-state index is 0.0511. The van der Waals surface area contributed by atoms with E-state index in [1.807, 2.05) is 42.5 Å². The molecule has 1 amide bonds. The first-order valence-electron chi connectivity index (χ1n) is 8.38. The van der Waals surface area contributed by atoms with Gasteiger partial charge in [-0.1, -0.05) is 12.1 Å². The number of rotatable bonds is 9. The van der Waals surface area contributed by atoms with Crippen LogP contribution in [0.1, 0.15) is 12.0 Å². The minimum atomic E-state index is -0.229. The first-order valence-corrected chi connectivity index (χ1v) is 8.38. The SMILES string of the molecule is C=CCC(Cc1ccc(OC)c(OC)c1)C(=O)Nc1ccc(OC)cc1. The van der Waals surface area contributed by atoms with Gasteiger partial charge in [0.15, 0.2) is 11.5 Å². The second kappa shape index (κ2) is 9.51. The van der Waals surface area contributed by atoms with Crippen LogP contribution in [0.4, 0.5) is 5.69 Å². The number of allylic oxidation sites excluding steroid dienone is 1. The molecule has 0 aliphatic rings. The Morgan fingerprint density at radius 3 is 2.31 bits per heavy atom. The van der Waals surface area contributed by atoms with Gasteiger partial charge in [-0.15, -0.1) is 6.58 Å². The smallest absolute Gasteiger partial charge is 0.228 e. The zero-order chi connectivity index (χ0) is 18.9. The van der Waals surface area contributed by atoms with Crippen molar-refractivity contribution in [2.45, 2.75) is 12.8 Å². The molecule has 0 fully saturated rings. The van der Waals surface area contributed by atoms with E-state index < -0.39 is 0 Å². The van der Waals surface area contributed by atoms with Crippen molar-refractivity contribution in [1.82, 2.24) is 0 Å². The second-order valence-electron chi connectivity index (χ2n) is 5.83. The summed E-state index contributed by atoms with van der Waals surface area (Å²) < 4.78 is 15.7. The number of hydrogen-bond donors (Lipinski definition) is 1. The van der Waals surface area contributed by atoms with E-state index in [1.165, 1.54) is 0 Å². The van der Waals surface area contributed by atoms with Crippen molar-refractivity contribution >= 4 is 11.6 Å². The van der Waals surface area contributed by atoms with Gasteiger partial charge in [-0.25, -0.2) is 0 Å². The van der Waals surface area contributed by atoms with Crippen molar-refractivity contribution in [3.63, 3.8) is 0 Å². The molecule has 0 aliphatic heterocycles. The van der Waals surface area contributed by atoms with Crippen LogP contribution in [-0.4, -0.2) is 27.2 Å². The Labute approximate surface area is 154 Å². The topological polar surface area (TPSA) is 56.8 Å². The van der Waals surface area contributed by atoms with Crippen LogP contribution in [0.25, 0.3) is 0 Å². The Hall–Kier alpha value is -2.95. The zero-order valence-electron chi connectivity index (χ0n) is 15.5. The molecule has 0 radical (unpaired) electrons. The Bertz CT molecular complexity index is 740. The summed E-state index contributed by atoms with van der Waals surface area (Å²) >= 11 is 0. The van der Waals surface area contributed by atoms with Gasteiger partial charge in [-0.2, -0.15) is 0 Å². The fraction of sp³-hybridized carbons (Fsp3) is 0.286. The second-order valence-corrected chi connectivity index (χ2v) is 5.83. The van der Waals surface area contributed by atoms with Crippen LogP contribution in [0, 0.1) is 5.92 Å². The number of benzene rings is 2. The van der Waals surface area contributed by atoms with Crippen LogP contribution in [-0.2, 0) is 11.2 Å². The molecule has 0 aliphatic carbocycles. The lowest BCUT2D eigenvalue weighted by molar-refractivity contribution is -0.119. The fourth-order valence-corrected chi connectivity index (χ4v) is 2.70. The lowest BCUT2D eigenvalue weighted by atomic mass is 9.95. The highest BCUT2D eigenvalue weighted by molar-refractivity contribution is 5.92. The van der Waals surface area contributed by atoms with Crippen molar-refractivity contribution in [1.29, 1.82) is 0 Å². The third-order valence-corrected chi connectivity index (χ3v) is 4.11. The van der Waals surface area contributed by atoms with Crippen molar-refractivity contribution in [3.05, 3.63) is 60.7 Å². The number of carbonyl (C=O) groups is 1. The molecule has 5 nitrogen and oxygen atoms in total. The Balaban J connectivity index is 2.11. The van der Waals surface area contributed by atoms with E-state index in [2.05, 4.69) is 11.9 Å². The van der Waals surface area contributed by atoms with Crippen LogP contribution in [0.2, 0.25) is 0 Å². The molecule has 138 valence electrons. The van der Waals surface area contributed by atoms with Gasteiger partial charge in [-0.3, -0.25) is 4.79 Å². The summed E-state index contributed by atoms with van der Waals surface area (Å²) in [6.07, 6.45) is 2.92. The van der Waals surface area contributed by atoms with Crippen LogP contribution in [0.3, 0.4) is 0 Å². The summed E-state index contributed by atoms with van der Waals surface area (Å²) in [7, 11) is 4.80. The standard InChI is InChI=1S/C21H25NO4/c1-5-6-16(13-15-7-12-19(25-3)20(14-15)26-4)21(23)22-17-8-10-18(24-2)11-9-17/h5,7-12,14,16H,1,6,13H2,2-4H3,(H,22,23). The van der Waals surface area contributed by atoms with Crippen molar-refractivity contribution in [2.24, 2.45) is 5.92 Å². The van der Waals surface area contributed by atoms with Crippen LogP contribution in [0.5, 0.6) is 17.2 Å². The molecular formula is C21H25NO4. The van der Waals surface area contributed by atoms with Crippen molar-refractivity contribution in [2.75, 3.05) is 26.6 Å². The van der Waals surface area contributed by atoms with Gasteiger partial charge in [0.25, 0.3) is 0 Å². The number of amides is 1. The number of carbonyl (C=O) groups excluding carboxylic acids is 1. The average Bonchev–Trinajstić information content (AvgIpc) is 2.68. The van der Waals surface area contributed by atoms with E-state index in [0.29, 0.717) is 24.3 Å². The highest BCUT2D eigenvalue weighted by atomic mass is 16.5. The summed E-state index contributed by atoms with van der Waals surface area (Å²) in [5.41, 5.74) is 1.73. The number of anilines is 1. The van der Waals surface area contributed by atoms with Crippen LogP contribution in [0.15, 0.2) is 55.1 Å². The average molecular weight is 355 g/mol. The molecule has 1 N–H and O–H groups in total. The molecule has 0 heterocycles. The molecule has 2 aromatic rings. The monoisotopic (exact) mass is 355 g/mol. The maximum Gasteiger partial charge on any atom is 0.228 e. The number of hydrogen-bond acceptors (Lipinski definition) is 4.